The molecule has 0 saturated heterocycles. The lowest BCUT2D eigenvalue weighted by Crippen LogP contribution is -2.32. The summed E-state index contributed by atoms with van der Waals surface area (Å²) in [5.74, 6) is -2.35. The molecular weight excluding hydrogens is 477 g/mol. The van der Waals surface area contributed by atoms with Crippen molar-refractivity contribution in [3.05, 3.63) is 89.5 Å². The maximum absolute atomic E-state index is 12.8. The molecule has 0 fully saturated rings. The van der Waals surface area contributed by atoms with Crippen LogP contribution in [0.15, 0.2) is 77.9 Å². The fourth-order valence-corrected chi connectivity index (χ4v) is 2.91. The molecule has 3 N–H and O–H groups in total. The lowest BCUT2D eigenvalue weighted by molar-refractivity contribution is -0.137. The summed E-state index contributed by atoms with van der Waals surface area (Å²) in [6, 6.07) is 17.6. The molecule has 0 radical (unpaired) electrons. The predicted molar refractivity (Wildman–Crippen MR) is 128 cm³/mol. The van der Waals surface area contributed by atoms with Crippen molar-refractivity contribution < 1.29 is 32.3 Å². The first-order chi connectivity index (χ1) is 17.1. The van der Waals surface area contributed by atoms with Crippen LogP contribution in [0, 0.1) is 6.92 Å². The molecule has 0 spiro atoms. The smallest absolute Gasteiger partial charge is 0.416 e. The number of hydrazone groups is 1. The van der Waals surface area contributed by atoms with E-state index in [1.807, 2.05) is 24.5 Å². The molecule has 0 unspecified atom stereocenters. The largest absolute Gasteiger partial charge is 0.484 e. The summed E-state index contributed by atoms with van der Waals surface area (Å²) >= 11 is 0. The number of aryl methyl sites for hydroxylation is 1. The fourth-order valence-electron chi connectivity index (χ4n) is 2.91. The number of hydrogen-bond donors (Lipinski definition) is 3. The van der Waals surface area contributed by atoms with Gasteiger partial charge in [0.05, 0.1) is 11.8 Å². The average molecular weight is 498 g/mol. The molecule has 3 aromatic rings. The Kier molecular flexibility index (Phi) is 8.39. The topological polar surface area (TPSA) is 109 Å². The summed E-state index contributed by atoms with van der Waals surface area (Å²) in [7, 11) is 0. The van der Waals surface area contributed by atoms with Crippen molar-refractivity contribution in [3.63, 3.8) is 0 Å². The number of carbonyl (C=O) groups is 3. The van der Waals surface area contributed by atoms with E-state index in [9.17, 15) is 27.6 Å². The van der Waals surface area contributed by atoms with Crippen molar-refractivity contribution in [2.75, 3.05) is 17.2 Å². The van der Waals surface area contributed by atoms with Crippen molar-refractivity contribution >= 4 is 35.3 Å². The molecule has 0 atom stereocenters. The van der Waals surface area contributed by atoms with Gasteiger partial charge in [0.15, 0.2) is 6.61 Å². The van der Waals surface area contributed by atoms with Gasteiger partial charge in [-0.2, -0.15) is 18.3 Å². The van der Waals surface area contributed by atoms with Crippen LogP contribution in [0.5, 0.6) is 5.75 Å². The standard InChI is InChI=1S/C25H21F3N4O4/c1-16-6-2-3-11-21(16)31-22(33)15-36-20-10-4-7-17(12-20)14-29-32-24(35)23(34)30-19-9-5-8-18(13-19)25(26,27)28/h2-14H,15H2,1H3,(H,30,34)(H,31,33)(H,32,35)/b29-14-. The molecule has 0 saturated carbocycles. The number of anilines is 2. The minimum absolute atomic E-state index is 0.190. The van der Waals surface area contributed by atoms with E-state index in [-0.39, 0.29) is 18.2 Å². The highest BCUT2D eigenvalue weighted by Crippen LogP contribution is 2.30. The molecule has 8 nitrogen and oxygen atoms in total. The van der Waals surface area contributed by atoms with Crippen molar-refractivity contribution in [3.8, 4) is 5.75 Å². The molecule has 3 rings (SSSR count). The Labute approximate surface area is 204 Å². The third-order valence-corrected chi connectivity index (χ3v) is 4.68. The number of benzene rings is 3. The quantitative estimate of drug-likeness (QED) is 0.259. The Morgan fingerprint density at radius 3 is 2.42 bits per heavy atom. The van der Waals surface area contributed by atoms with Crippen LogP contribution in [0.1, 0.15) is 16.7 Å². The van der Waals surface area contributed by atoms with Gasteiger partial charge in [0.25, 0.3) is 5.91 Å². The van der Waals surface area contributed by atoms with Crippen LogP contribution in [0.25, 0.3) is 0 Å². The molecule has 0 aliphatic rings. The van der Waals surface area contributed by atoms with Gasteiger partial charge < -0.3 is 15.4 Å². The first-order valence-electron chi connectivity index (χ1n) is 10.5. The van der Waals surface area contributed by atoms with Gasteiger partial charge in [0, 0.05) is 11.4 Å². The minimum Gasteiger partial charge on any atom is -0.484 e. The molecule has 186 valence electrons. The van der Waals surface area contributed by atoms with E-state index in [4.69, 9.17) is 4.74 Å². The van der Waals surface area contributed by atoms with Crippen LogP contribution in [0.3, 0.4) is 0 Å². The Balaban J connectivity index is 1.50. The second-order valence-corrected chi connectivity index (χ2v) is 7.46. The van der Waals surface area contributed by atoms with Crippen LogP contribution in [-0.4, -0.2) is 30.5 Å². The summed E-state index contributed by atoms with van der Waals surface area (Å²) < 4.78 is 43.8. The number of nitrogens with zero attached hydrogens (tertiary/aromatic N) is 1. The number of rotatable bonds is 7. The van der Waals surface area contributed by atoms with Crippen LogP contribution >= 0.6 is 0 Å². The van der Waals surface area contributed by atoms with E-state index in [0.29, 0.717) is 23.1 Å². The molecule has 0 aliphatic heterocycles. The normalized spacial score (nSPS) is 11.1. The maximum atomic E-state index is 12.8. The number of ether oxygens (including phenoxy) is 1. The zero-order chi connectivity index (χ0) is 26.1. The van der Waals surface area contributed by atoms with Crippen LogP contribution in [0.4, 0.5) is 24.5 Å². The first kappa shape index (κ1) is 25.9. The van der Waals surface area contributed by atoms with Gasteiger partial charge in [-0.15, -0.1) is 0 Å². The number of carbonyl (C=O) groups excluding carboxylic acids is 3. The van der Waals surface area contributed by atoms with E-state index in [2.05, 4.69) is 15.7 Å². The van der Waals surface area contributed by atoms with Crippen LogP contribution in [0.2, 0.25) is 0 Å². The summed E-state index contributed by atoms with van der Waals surface area (Å²) in [5, 5.41) is 8.49. The van der Waals surface area contributed by atoms with E-state index in [1.165, 1.54) is 12.3 Å². The van der Waals surface area contributed by atoms with Gasteiger partial charge in [-0.25, -0.2) is 5.43 Å². The van der Waals surface area contributed by atoms with E-state index in [1.54, 1.807) is 36.4 Å². The summed E-state index contributed by atoms with van der Waals surface area (Å²) in [5.41, 5.74) is 2.92. The first-order valence-corrected chi connectivity index (χ1v) is 10.5. The zero-order valence-electron chi connectivity index (χ0n) is 18.9. The minimum atomic E-state index is -4.59. The Hall–Kier alpha value is -4.67. The maximum Gasteiger partial charge on any atom is 0.416 e. The van der Waals surface area contributed by atoms with Gasteiger partial charge in [-0.05, 0) is 54.4 Å². The molecular formula is C25H21F3N4O4. The number of amides is 3. The van der Waals surface area contributed by atoms with Crippen molar-refractivity contribution in [2.45, 2.75) is 13.1 Å². The Morgan fingerprint density at radius 1 is 0.917 bits per heavy atom. The Morgan fingerprint density at radius 2 is 1.67 bits per heavy atom. The molecule has 36 heavy (non-hydrogen) atoms. The summed E-state index contributed by atoms with van der Waals surface area (Å²) in [4.78, 5) is 36.0. The van der Waals surface area contributed by atoms with Crippen LogP contribution < -0.4 is 20.8 Å². The van der Waals surface area contributed by atoms with Gasteiger partial charge in [0.1, 0.15) is 5.75 Å². The number of alkyl halides is 3. The third kappa shape index (κ3) is 7.69. The van der Waals surface area contributed by atoms with E-state index < -0.39 is 23.6 Å². The lowest BCUT2D eigenvalue weighted by atomic mass is 10.2. The highest BCUT2D eigenvalue weighted by atomic mass is 19.4. The van der Waals surface area contributed by atoms with Crippen molar-refractivity contribution in [2.24, 2.45) is 5.10 Å². The monoisotopic (exact) mass is 498 g/mol. The van der Waals surface area contributed by atoms with Crippen LogP contribution in [-0.2, 0) is 20.6 Å². The Bertz CT molecular complexity index is 1290. The zero-order valence-corrected chi connectivity index (χ0v) is 18.9. The number of hydrogen-bond acceptors (Lipinski definition) is 5. The third-order valence-electron chi connectivity index (χ3n) is 4.68. The van der Waals surface area contributed by atoms with Crippen molar-refractivity contribution in [1.82, 2.24) is 5.43 Å². The van der Waals surface area contributed by atoms with Gasteiger partial charge in [-0.1, -0.05) is 36.4 Å². The molecule has 0 aliphatic carbocycles. The second kappa shape index (κ2) is 11.6. The highest BCUT2D eigenvalue weighted by Gasteiger charge is 2.30. The molecule has 0 aromatic heterocycles. The lowest BCUT2D eigenvalue weighted by Gasteiger charge is -2.10. The molecule has 0 heterocycles. The average Bonchev–Trinajstić information content (AvgIpc) is 2.84. The van der Waals surface area contributed by atoms with E-state index in [0.717, 1.165) is 17.7 Å². The van der Waals surface area contributed by atoms with Gasteiger partial charge >= 0.3 is 18.0 Å². The van der Waals surface area contributed by atoms with Crippen molar-refractivity contribution in [1.29, 1.82) is 0 Å². The SMILES string of the molecule is Cc1ccccc1NC(=O)COc1cccc(/C=N\NC(=O)C(=O)Nc2cccc(C(F)(F)F)c2)c1. The molecule has 0 bridgehead atoms. The number of nitrogens with one attached hydrogen (secondary N) is 3. The second-order valence-electron chi connectivity index (χ2n) is 7.46. The number of halogens is 3. The molecule has 3 amide bonds. The van der Waals surface area contributed by atoms with Gasteiger partial charge in [0.2, 0.25) is 0 Å². The number of para-hydroxylation sites is 1. The predicted octanol–water partition coefficient (Wildman–Crippen LogP) is 4.12. The molecule has 3 aromatic carbocycles. The van der Waals surface area contributed by atoms with E-state index >= 15 is 0 Å². The summed E-state index contributed by atoms with van der Waals surface area (Å²) in [6.07, 6.45) is -3.36. The summed E-state index contributed by atoms with van der Waals surface area (Å²) in [6.45, 7) is 1.63. The fraction of sp³-hybridized carbons (Fsp3) is 0.120. The molecule has 11 heteroatoms. The van der Waals surface area contributed by atoms with Gasteiger partial charge in [-0.3, -0.25) is 14.4 Å². The highest BCUT2D eigenvalue weighted by molar-refractivity contribution is 6.39.